The van der Waals surface area contributed by atoms with Crippen LogP contribution < -0.4 is 21.7 Å². The van der Waals surface area contributed by atoms with Crippen LogP contribution in [0, 0.1) is 11.8 Å². The monoisotopic (exact) mass is 738 g/mol. The topological polar surface area (TPSA) is 113 Å². The number of hydrogen-bond acceptors (Lipinski definition) is 4. The number of anilines is 2. The highest BCUT2D eigenvalue weighted by Gasteiger charge is 2.35. The Hall–Kier alpha value is -3.47. The number of halogens is 6. The number of nitrogen functional groups attached to an aromatic ring is 1. The summed E-state index contributed by atoms with van der Waals surface area (Å²) in [5.41, 5.74) is 5.52. The molecule has 3 aromatic rings. The summed E-state index contributed by atoms with van der Waals surface area (Å²) in [6.07, 6.45) is 7.18. The fourth-order valence-electron chi connectivity index (χ4n) is 6.10. The standard InChI is InChI=1S/C22H21Cl2F3N2O2.C14H19ClN2O/c23-14-9-10-18(16(11-14)20(30)28-12-13-5-2-1-3-6-13)29-21(31)15-7-4-8-17(19(15)24)22(25,26)27;15-11-6-7-13(16)12(8-11)14(18)17-9-10-4-2-1-3-5-10/h4,7-11,13H,1-3,5-6,12H2,(H,28,30)(H,29,31);6-8,10H,1-5,9,16H2,(H,17,18). The molecule has 5 N–H and O–H groups in total. The van der Waals surface area contributed by atoms with Gasteiger partial charge in [-0.2, -0.15) is 13.2 Å². The van der Waals surface area contributed by atoms with Crippen LogP contribution in [0.1, 0.15) is 101 Å². The van der Waals surface area contributed by atoms with Crippen molar-refractivity contribution in [3.05, 3.63) is 91.9 Å². The normalized spacial score (nSPS) is 15.5. The van der Waals surface area contributed by atoms with Crippen LogP contribution in [-0.2, 0) is 6.18 Å². The van der Waals surface area contributed by atoms with Crippen LogP contribution >= 0.6 is 34.8 Å². The molecule has 0 saturated heterocycles. The summed E-state index contributed by atoms with van der Waals surface area (Å²) < 4.78 is 39.3. The Labute approximate surface area is 299 Å². The fourth-order valence-corrected chi connectivity index (χ4v) is 6.76. The Morgan fingerprint density at radius 1 is 0.673 bits per heavy atom. The van der Waals surface area contributed by atoms with Gasteiger partial charge in [-0.25, -0.2) is 0 Å². The molecule has 0 aromatic heterocycles. The first-order chi connectivity index (χ1) is 23.3. The molecule has 2 saturated carbocycles. The van der Waals surface area contributed by atoms with E-state index in [-0.39, 0.29) is 27.7 Å². The van der Waals surface area contributed by atoms with E-state index in [1.54, 1.807) is 18.2 Å². The van der Waals surface area contributed by atoms with E-state index in [1.165, 1.54) is 62.8 Å². The van der Waals surface area contributed by atoms with Gasteiger partial charge in [-0.15, -0.1) is 0 Å². The third-order valence-electron chi connectivity index (χ3n) is 8.84. The van der Waals surface area contributed by atoms with Gasteiger partial charge >= 0.3 is 6.18 Å². The maximum atomic E-state index is 13.1. The van der Waals surface area contributed by atoms with E-state index >= 15 is 0 Å². The SMILES string of the molecule is Nc1ccc(Cl)cc1C(=O)NCC1CCCCC1.O=C(NCC1CCCCC1)c1cc(Cl)ccc1NC(=O)c1cccc(C(F)(F)F)c1Cl. The van der Waals surface area contributed by atoms with E-state index in [4.69, 9.17) is 40.5 Å². The largest absolute Gasteiger partial charge is 0.417 e. The lowest BCUT2D eigenvalue weighted by atomic mass is 9.89. The molecular weight excluding hydrogens is 700 g/mol. The first-order valence-electron chi connectivity index (χ1n) is 16.4. The van der Waals surface area contributed by atoms with E-state index in [0.717, 1.165) is 44.4 Å². The van der Waals surface area contributed by atoms with Crippen molar-refractivity contribution in [1.82, 2.24) is 10.6 Å². The zero-order chi connectivity index (χ0) is 35.6. The van der Waals surface area contributed by atoms with Crippen molar-refractivity contribution in [1.29, 1.82) is 0 Å². The zero-order valence-electron chi connectivity index (χ0n) is 26.9. The molecule has 5 rings (SSSR count). The molecule has 3 aromatic carbocycles. The maximum Gasteiger partial charge on any atom is 0.417 e. The molecule has 0 heterocycles. The summed E-state index contributed by atoms with van der Waals surface area (Å²) >= 11 is 17.7. The quantitative estimate of drug-likeness (QED) is 0.172. The number of benzene rings is 3. The van der Waals surface area contributed by atoms with Crippen LogP contribution in [0.2, 0.25) is 15.1 Å². The van der Waals surface area contributed by atoms with Crippen molar-refractivity contribution in [2.75, 3.05) is 24.1 Å². The Kier molecular flexibility index (Phi) is 14.1. The summed E-state index contributed by atoms with van der Waals surface area (Å²) in [5.74, 6) is -0.388. The number of nitrogens with one attached hydrogen (secondary N) is 3. The lowest BCUT2D eigenvalue weighted by Gasteiger charge is -2.22. The number of amides is 3. The van der Waals surface area contributed by atoms with E-state index in [9.17, 15) is 27.6 Å². The highest BCUT2D eigenvalue weighted by Crippen LogP contribution is 2.36. The highest BCUT2D eigenvalue weighted by molar-refractivity contribution is 6.35. The molecule has 0 aliphatic heterocycles. The summed E-state index contributed by atoms with van der Waals surface area (Å²) in [7, 11) is 0. The van der Waals surface area contributed by atoms with Crippen LogP contribution in [0.5, 0.6) is 0 Å². The van der Waals surface area contributed by atoms with Gasteiger partial charge in [0.2, 0.25) is 0 Å². The van der Waals surface area contributed by atoms with Gasteiger partial charge in [-0.3, -0.25) is 14.4 Å². The van der Waals surface area contributed by atoms with E-state index < -0.39 is 28.6 Å². The van der Waals surface area contributed by atoms with Gasteiger partial charge in [-0.1, -0.05) is 79.4 Å². The number of carbonyl (C=O) groups excluding carboxylic acids is 3. The molecule has 2 aliphatic rings. The lowest BCUT2D eigenvalue weighted by Crippen LogP contribution is -2.31. The van der Waals surface area contributed by atoms with Crippen molar-refractivity contribution in [3.8, 4) is 0 Å². The minimum Gasteiger partial charge on any atom is -0.398 e. The second kappa shape index (κ2) is 18.0. The second-order valence-electron chi connectivity index (χ2n) is 12.5. The summed E-state index contributed by atoms with van der Waals surface area (Å²) in [4.78, 5) is 37.4. The molecule has 2 fully saturated rings. The van der Waals surface area contributed by atoms with Crippen LogP contribution in [0.4, 0.5) is 24.5 Å². The minimum absolute atomic E-state index is 0.124. The van der Waals surface area contributed by atoms with Crippen LogP contribution in [0.15, 0.2) is 54.6 Å². The van der Waals surface area contributed by atoms with Gasteiger partial charge < -0.3 is 21.7 Å². The van der Waals surface area contributed by atoms with Crippen LogP contribution in [0.25, 0.3) is 0 Å². The van der Waals surface area contributed by atoms with Gasteiger partial charge in [0, 0.05) is 28.8 Å². The molecule has 2 aliphatic carbocycles. The van der Waals surface area contributed by atoms with Gasteiger partial charge in [0.25, 0.3) is 17.7 Å². The van der Waals surface area contributed by atoms with Crippen molar-refractivity contribution >= 4 is 63.9 Å². The number of nitrogens with two attached hydrogens (primary N) is 1. The van der Waals surface area contributed by atoms with E-state index in [0.29, 0.717) is 34.7 Å². The predicted molar refractivity (Wildman–Crippen MR) is 190 cm³/mol. The summed E-state index contributed by atoms with van der Waals surface area (Å²) in [6, 6.07) is 12.4. The number of hydrogen-bond donors (Lipinski definition) is 4. The van der Waals surface area contributed by atoms with E-state index in [1.807, 2.05) is 0 Å². The Morgan fingerprint density at radius 2 is 1.18 bits per heavy atom. The van der Waals surface area contributed by atoms with Gasteiger partial charge in [0.1, 0.15) is 0 Å². The molecular formula is C36H40Cl3F3N4O3. The van der Waals surface area contributed by atoms with Crippen molar-refractivity contribution in [3.63, 3.8) is 0 Å². The molecule has 0 radical (unpaired) electrons. The third kappa shape index (κ3) is 11.3. The Morgan fingerprint density at radius 3 is 1.73 bits per heavy atom. The lowest BCUT2D eigenvalue weighted by molar-refractivity contribution is -0.137. The van der Waals surface area contributed by atoms with Crippen molar-refractivity contribution in [2.45, 2.75) is 70.4 Å². The van der Waals surface area contributed by atoms with E-state index in [2.05, 4.69) is 16.0 Å². The number of alkyl halides is 3. The van der Waals surface area contributed by atoms with Crippen LogP contribution in [-0.4, -0.2) is 30.8 Å². The molecule has 0 bridgehead atoms. The Balaban J connectivity index is 0.000000254. The maximum absolute atomic E-state index is 13.1. The van der Waals surface area contributed by atoms with Gasteiger partial charge in [0.15, 0.2) is 0 Å². The van der Waals surface area contributed by atoms with Gasteiger partial charge in [0.05, 0.1) is 33.0 Å². The third-order valence-corrected chi connectivity index (χ3v) is 9.71. The molecule has 13 heteroatoms. The highest BCUT2D eigenvalue weighted by atomic mass is 35.5. The molecule has 0 spiro atoms. The average molecular weight is 740 g/mol. The van der Waals surface area contributed by atoms with Crippen molar-refractivity contribution in [2.24, 2.45) is 11.8 Å². The summed E-state index contributed by atoms with van der Waals surface area (Å²) in [5, 5.41) is 8.43. The smallest absolute Gasteiger partial charge is 0.398 e. The predicted octanol–water partition coefficient (Wildman–Crippen LogP) is 9.81. The fraction of sp³-hybridized carbons (Fsp3) is 0.417. The average Bonchev–Trinajstić information content (AvgIpc) is 3.08. The van der Waals surface area contributed by atoms with Crippen molar-refractivity contribution < 1.29 is 27.6 Å². The molecule has 3 amide bonds. The van der Waals surface area contributed by atoms with Gasteiger partial charge in [-0.05, 0) is 86.1 Å². The molecule has 7 nitrogen and oxygen atoms in total. The molecule has 264 valence electrons. The number of rotatable bonds is 8. The first-order valence-corrected chi connectivity index (χ1v) is 17.5. The molecule has 0 unspecified atom stereocenters. The second-order valence-corrected chi connectivity index (χ2v) is 13.7. The van der Waals surface area contributed by atoms with Crippen LogP contribution in [0.3, 0.4) is 0 Å². The minimum atomic E-state index is -4.70. The summed E-state index contributed by atoms with van der Waals surface area (Å²) in [6.45, 7) is 1.25. The molecule has 49 heavy (non-hydrogen) atoms. The molecule has 0 atom stereocenters. The Bertz CT molecular complexity index is 1620. The number of carbonyl (C=O) groups is 3. The zero-order valence-corrected chi connectivity index (χ0v) is 29.2. The first kappa shape index (κ1) is 38.3.